The Bertz CT molecular complexity index is 819. The SMILES string of the molecule is CSc1nnnn1-c1cccc(NC(=O)CCc2ccccc2)c1. The van der Waals surface area contributed by atoms with Crippen LogP contribution in [0.3, 0.4) is 0 Å². The largest absolute Gasteiger partial charge is 0.326 e. The lowest BCUT2D eigenvalue weighted by molar-refractivity contribution is -0.116. The highest BCUT2D eigenvalue weighted by Crippen LogP contribution is 2.19. The number of thioether (sulfide) groups is 1. The summed E-state index contributed by atoms with van der Waals surface area (Å²) in [4.78, 5) is 12.1. The molecule has 1 N–H and O–H groups in total. The fraction of sp³-hybridized carbons (Fsp3) is 0.176. The first-order valence-corrected chi connectivity index (χ1v) is 8.75. The van der Waals surface area contributed by atoms with E-state index in [0.717, 1.165) is 23.4 Å². The number of nitrogens with one attached hydrogen (secondary N) is 1. The minimum atomic E-state index is -0.0159. The van der Waals surface area contributed by atoms with Gasteiger partial charge in [-0.2, -0.15) is 4.68 Å². The van der Waals surface area contributed by atoms with E-state index in [2.05, 4.69) is 20.8 Å². The Labute approximate surface area is 144 Å². The van der Waals surface area contributed by atoms with E-state index in [0.29, 0.717) is 11.6 Å². The first kappa shape index (κ1) is 16.2. The van der Waals surface area contributed by atoms with Gasteiger partial charge in [0, 0.05) is 12.1 Å². The molecule has 0 unspecified atom stereocenters. The van der Waals surface area contributed by atoms with Crippen LogP contribution in [0.1, 0.15) is 12.0 Å². The number of hydrogen-bond acceptors (Lipinski definition) is 5. The van der Waals surface area contributed by atoms with Crippen LogP contribution in [0.5, 0.6) is 0 Å². The molecule has 1 heterocycles. The third kappa shape index (κ3) is 3.99. The zero-order valence-electron chi connectivity index (χ0n) is 13.2. The second kappa shape index (κ2) is 7.74. The molecule has 6 nitrogen and oxygen atoms in total. The number of carbonyl (C=O) groups excluding carboxylic acids is 1. The van der Waals surface area contributed by atoms with E-state index >= 15 is 0 Å². The summed E-state index contributed by atoms with van der Waals surface area (Å²) in [7, 11) is 0. The first-order valence-electron chi connectivity index (χ1n) is 7.53. The monoisotopic (exact) mass is 339 g/mol. The highest BCUT2D eigenvalue weighted by atomic mass is 32.2. The van der Waals surface area contributed by atoms with Gasteiger partial charge in [-0.15, -0.1) is 5.10 Å². The summed E-state index contributed by atoms with van der Waals surface area (Å²) >= 11 is 1.46. The predicted molar refractivity (Wildman–Crippen MR) is 94.3 cm³/mol. The lowest BCUT2D eigenvalue weighted by Gasteiger charge is -2.08. The van der Waals surface area contributed by atoms with Crippen LogP contribution >= 0.6 is 11.8 Å². The Kier molecular flexibility index (Phi) is 5.22. The number of aryl methyl sites for hydroxylation is 1. The molecule has 0 spiro atoms. The van der Waals surface area contributed by atoms with Crippen molar-refractivity contribution in [3.63, 3.8) is 0 Å². The summed E-state index contributed by atoms with van der Waals surface area (Å²) in [6.07, 6.45) is 3.07. The third-order valence-corrected chi connectivity index (χ3v) is 4.10. The molecule has 0 fully saturated rings. The summed E-state index contributed by atoms with van der Waals surface area (Å²) in [5.41, 5.74) is 2.69. The van der Waals surface area contributed by atoms with Crippen molar-refractivity contribution in [2.24, 2.45) is 0 Å². The number of carbonyl (C=O) groups is 1. The smallest absolute Gasteiger partial charge is 0.224 e. The molecule has 2 aromatic carbocycles. The minimum Gasteiger partial charge on any atom is -0.326 e. The lowest BCUT2D eigenvalue weighted by atomic mass is 10.1. The van der Waals surface area contributed by atoms with Gasteiger partial charge in [-0.3, -0.25) is 4.79 Å². The molecule has 0 saturated heterocycles. The van der Waals surface area contributed by atoms with Crippen LogP contribution in [0, 0.1) is 0 Å². The van der Waals surface area contributed by atoms with Gasteiger partial charge < -0.3 is 5.32 Å². The zero-order chi connectivity index (χ0) is 16.8. The van der Waals surface area contributed by atoms with E-state index in [1.54, 1.807) is 4.68 Å². The average molecular weight is 339 g/mol. The van der Waals surface area contributed by atoms with Crippen molar-refractivity contribution in [2.45, 2.75) is 18.0 Å². The van der Waals surface area contributed by atoms with Crippen LogP contribution in [0.15, 0.2) is 59.8 Å². The molecule has 0 aliphatic rings. The number of benzene rings is 2. The highest BCUT2D eigenvalue weighted by Gasteiger charge is 2.09. The van der Waals surface area contributed by atoms with Gasteiger partial charge in [0.1, 0.15) is 0 Å². The van der Waals surface area contributed by atoms with Gasteiger partial charge in [0.15, 0.2) is 0 Å². The maximum Gasteiger partial charge on any atom is 0.224 e. The molecule has 0 radical (unpaired) electrons. The van der Waals surface area contributed by atoms with E-state index in [-0.39, 0.29) is 5.91 Å². The molecule has 7 heteroatoms. The topological polar surface area (TPSA) is 72.7 Å². The molecule has 24 heavy (non-hydrogen) atoms. The second-order valence-electron chi connectivity index (χ2n) is 5.16. The van der Waals surface area contributed by atoms with Gasteiger partial charge in [0.2, 0.25) is 11.1 Å². The summed E-state index contributed by atoms with van der Waals surface area (Å²) in [6.45, 7) is 0. The number of rotatable bonds is 6. The fourth-order valence-corrected chi connectivity index (χ4v) is 2.74. The predicted octanol–water partition coefficient (Wildman–Crippen LogP) is 2.96. The van der Waals surface area contributed by atoms with Gasteiger partial charge in [-0.1, -0.05) is 48.2 Å². The van der Waals surface area contributed by atoms with Crippen LogP contribution < -0.4 is 5.32 Å². The summed E-state index contributed by atoms with van der Waals surface area (Å²) in [5.74, 6) is -0.0159. The molecule has 122 valence electrons. The van der Waals surface area contributed by atoms with Crippen molar-refractivity contribution in [1.29, 1.82) is 0 Å². The van der Waals surface area contributed by atoms with Crippen LogP contribution in [-0.4, -0.2) is 32.4 Å². The summed E-state index contributed by atoms with van der Waals surface area (Å²) in [5, 5.41) is 15.2. The van der Waals surface area contributed by atoms with Crippen LogP contribution in [0.4, 0.5) is 5.69 Å². The normalized spacial score (nSPS) is 10.5. The Morgan fingerprint density at radius 3 is 2.79 bits per heavy atom. The molecule has 0 bridgehead atoms. The van der Waals surface area contributed by atoms with Crippen molar-refractivity contribution in [3.8, 4) is 5.69 Å². The van der Waals surface area contributed by atoms with Gasteiger partial charge >= 0.3 is 0 Å². The van der Waals surface area contributed by atoms with E-state index < -0.39 is 0 Å². The number of tetrazole rings is 1. The molecular weight excluding hydrogens is 322 g/mol. The fourth-order valence-electron chi connectivity index (χ4n) is 2.31. The maximum absolute atomic E-state index is 12.1. The van der Waals surface area contributed by atoms with Gasteiger partial charge in [0.25, 0.3) is 0 Å². The molecule has 3 aromatic rings. The van der Waals surface area contributed by atoms with Crippen LogP contribution in [-0.2, 0) is 11.2 Å². The average Bonchev–Trinajstić information content (AvgIpc) is 3.10. The molecule has 0 aliphatic carbocycles. The molecule has 1 aromatic heterocycles. The number of aromatic nitrogens is 4. The third-order valence-electron chi connectivity index (χ3n) is 3.48. The number of nitrogens with zero attached hydrogens (tertiary/aromatic N) is 4. The minimum absolute atomic E-state index is 0.0159. The second-order valence-corrected chi connectivity index (χ2v) is 5.93. The maximum atomic E-state index is 12.1. The van der Waals surface area contributed by atoms with Crippen molar-refractivity contribution >= 4 is 23.4 Å². The molecule has 3 rings (SSSR count). The number of hydrogen-bond donors (Lipinski definition) is 1. The summed E-state index contributed by atoms with van der Waals surface area (Å²) in [6, 6.07) is 17.5. The quantitative estimate of drug-likeness (QED) is 0.699. The summed E-state index contributed by atoms with van der Waals surface area (Å²) < 4.78 is 1.64. The van der Waals surface area contributed by atoms with Crippen molar-refractivity contribution in [3.05, 3.63) is 60.2 Å². The molecule has 0 aliphatic heterocycles. The first-order chi connectivity index (χ1) is 11.8. The Hall–Kier alpha value is -2.67. The lowest BCUT2D eigenvalue weighted by Crippen LogP contribution is -2.12. The molecule has 1 amide bonds. The van der Waals surface area contributed by atoms with E-state index in [1.807, 2.05) is 60.9 Å². The van der Waals surface area contributed by atoms with E-state index in [9.17, 15) is 4.79 Å². The van der Waals surface area contributed by atoms with Crippen LogP contribution in [0.25, 0.3) is 5.69 Å². The van der Waals surface area contributed by atoms with Gasteiger partial charge in [0.05, 0.1) is 5.69 Å². The number of amides is 1. The van der Waals surface area contributed by atoms with Crippen molar-refractivity contribution in [2.75, 3.05) is 11.6 Å². The standard InChI is InChI=1S/C17H17N5OS/c1-24-17-19-20-21-22(17)15-9-5-8-14(12-15)18-16(23)11-10-13-6-3-2-4-7-13/h2-9,12H,10-11H2,1H3,(H,18,23). The van der Waals surface area contributed by atoms with Crippen molar-refractivity contribution < 1.29 is 4.79 Å². The van der Waals surface area contributed by atoms with E-state index in [4.69, 9.17) is 0 Å². The van der Waals surface area contributed by atoms with Gasteiger partial charge in [-0.25, -0.2) is 0 Å². The highest BCUT2D eigenvalue weighted by molar-refractivity contribution is 7.98. The Balaban J connectivity index is 1.65. The Morgan fingerprint density at radius 2 is 2.00 bits per heavy atom. The zero-order valence-corrected chi connectivity index (χ0v) is 14.0. The Morgan fingerprint density at radius 1 is 1.17 bits per heavy atom. The molecular formula is C17H17N5OS. The van der Waals surface area contributed by atoms with E-state index in [1.165, 1.54) is 11.8 Å². The molecule has 0 atom stereocenters. The van der Waals surface area contributed by atoms with Crippen LogP contribution in [0.2, 0.25) is 0 Å². The number of anilines is 1. The molecule has 0 saturated carbocycles. The van der Waals surface area contributed by atoms with Crippen molar-refractivity contribution in [1.82, 2.24) is 20.2 Å². The van der Waals surface area contributed by atoms with Gasteiger partial charge in [-0.05, 0) is 46.9 Å².